The van der Waals surface area contributed by atoms with Gasteiger partial charge in [0.15, 0.2) is 5.65 Å². The van der Waals surface area contributed by atoms with E-state index >= 15 is 0 Å². The maximum absolute atomic E-state index is 12.3. The van der Waals surface area contributed by atoms with Crippen LogP contribution >= 0.6 is 0 Å². The molecule has 8 heteroatoms. The van der Waals surface area contributed by atoms with Gasteiger partial charge in [-0.25, -0.2) is 9.50 Å². The molecule has 0 saturated carbocycles. The van der Waals surface area contributed by atoms with Gasteiger partial charge in [0.05, 0.1) is 23.0 Å². The first-order valence-electron chi connectivity index (χ1n) is 7.61. The summed E-state index contributed by atoms with van der Waals surface area (Å²) in [5.74, 6) is -0.767. The van der Waals surface area contributed by atoms with Gasteiger partial charge in [0, 0.05) is 0 Å². The molecule has 0 saturated heterocycles. The normalized spacial score (nSPS) is 13.4. The van der Waals surface area contributed by atoms with E-state index in [-0.39, 0.29) is 6.54 Å². The van der Waals surface area contributed by atoms with Crippen LogP contribution in [0.15, 0.2) is 42.6 Å². The average molecular weight is 335 g/mol. The van der Waals surface area contributed by atoms with E-state index in [1.807, 2.05) is 0 Å². The number of rotatable bonds is 3. The number of nitrogens with one attached hydrogen (secondary N) is 1. The van der Waals surface area contributed by atoms with Crippen molar-refractivity contribution >= 4 is 29.1 Å². The van der Waals surface area contributed by atoms with Crippen LogP contribution in [0.3, 0.4) is 0 Å². The minimum Gasteiger partial charge on any atom is -0.323 e. The fourth-order valence-electron chi connectivity index (χ4n) is 2.80. The highest BCUT2D eigenvalue weighted by Gasteiger charge is 2.36. The van der Waals surface area contributed by atoms with Crippen molar-refractivity contribution in [3.05, 3.63) is 59.5 Å². The minimum atomic E-state index is -0.467. The third kappa shape index (κ3) is 2.53. The number of anilines is 1. The van der Waals surface area contributed by atoms with Crippen molar-refractivity contribution in [3.63, 3.8) is 0 Å². The van der Waals surface area contributed by atoms with Gasteiger partial charge >= 0.3 is 0 Å². The summed E-state index contributed by atoms with van der Waals surface area (Å²) in [7, 11) is 0. The maximum atomic E-state index is 12.3. The van der Waals surface area contributed by atoms with Crippen molar-refractivity contribution in [2.75, 3.05) is 11.9 Å². The number of imide groups is 1. The van der Waals surface area contributed by atoms with E-state index in [0.717, 1.165) is 4.90 Å². The summed E-state index contributed by atoms with van der Waals surface area (Å²) in [6.45, 7) is 1.42. The Labute approximate surface area is 142 Å². The minimum absolute atomic E-state index is 0.319. The average Bonchev–Trinajstić information content (AvgIpc) is 3.07. The highest BCUT2D eigenvalue weighted by Crippen LogP contribution is 2.22. The molecule has 1 aromatic carbocycles. The van der Waals surface area contributed by atoms with E-state index in [1.165, 1.54) is 0 Å². The van der Waals surface area contributed by atoms with Crippen molar-refractivity contribution in [3.8, 4) is 0 Å². The molecule has 0 spiro atoms. The zero-order valence-electron chi connectivity index (χ0n) is 13.3. The maximum Gasteiger partial charge on any atom is 0.262 e. The fourth-order valence-corrected chi connectivity index (χ4v) is 2.80. The van der Waals surface area contributed by atoms with E-state index in [1.54, 1.807) is 54.0 Å². The number of aromatic nitrogens is 3. The molecule has 8 nitrogen and oxygen atoms in total. The zero-order chi connectivity index (χ0) is 17.6. The van der Waals surface area contributed by atoms with E-state index < -0.39 is 17.7 Å². The molecule has 124 valence electrons. The Morgan fingerprint density at radius 3 is 2.44 bits per heavy atom. The highest BCUT2D eigenvalue weighted by atomic mass is 16.2. The lowest BCUT2D eigenvalue weighted by atomic mass is 10.1. The summed E-state index contributed by atoms with van der Waals surface area (Å²) in [4.78, 5) is 41.9. The van der Waals surface area contributed by atoms with Crippen molar-refractivity contribution in [2.45, 2.75) is 6.92 Å². The van der Waals surface area contributed by atoms with Crippen LogP contribution in [-0.4, -0.2) is 43.8 Å². The second kappa shape index (κ2) is 5.52. The highest BCUT2D eigenvalue weighted by molar-refractivity contribution is 6.22. The van der Waals surface area contributed by atoms with Crippen LogP contribution in [0, 0.1) is 6.92 Å². The standard InChI is InChI=1S/C17H13N5O3/c1-10-18-14-7-6-11(8-22(14)20-10)19-15(23)9-21-16(24)12-4-2-3-5-13(12)17(21)25/h2-8H,9H2,1H3,(H,19,23). The number of carbonyl (C=O) groups is 3. The molecule has 0 atom stereocenters. The molecule has 3 aromatic rings. The first kappa shape index (κ1) is 15.0. The van der Waals surface area contributed by atoms with Gasteiger partial charge in [-0.3, -0.25) is 19.3 Å². The third-order valence-electron chi connectivity index (χ3n) is 3.90. The van der Waals surface area contributed by atoms with Gasteiger partial charge in [-0.2, -0.15) is 5.10 Å². The van der Waals surface area contributed by atoms with Crippen molar-refractivity contribution in [1.29, 1.82) is 0 Å². The number of carbonyl (C=O) groups excluding carboxylic acids is 3. The Morgan fingerprint density at radius 2 is 1.76 bits per heavy atom. The van der Waals surface area contributed by atoms with Gasteiger partial charge in [0.25, 0.3) is 11.8 Å². The molecule has 0 unspecified atom stereocenters. The second-order valence-electron chi connectivity index (χ2n) is 5.67. The van der Waals surface area contributed by atoms with Crippen LogP contribution in [0.4, 0.5) is 5.69 Å². The van der Waals surface area contributed by atoms with E-state index in [0.29, 0.717) is 28.3 Å². The molecule has 4 rings (SSSR count). The molecule has 1 aliphatic heterocycles. The lowest BCUT2D eigenvalue weighted by Gasteiger charge is -2.13. The number of fused-ring (bicyclic) bond motifs is 2. The molecule has 0 fully saturated rings. The van der Waals surface area contributed by atoms with Crippen LogP contribution in [0.2, 0.25) is 0 Å². The van der Waals surface area contributed by atoms with Crippen molar-refractivity contribution < 1.29 is 14.4 Å². The van der Waals surface area contributed by atoms with Crippen molar-refractivity contribution in [2.24, 2.45) is 0 Å². The quantitative estimate of drug-likeness (QED) is 0.727. The summed E-state index contributed by atoms with van der Waals surface area (Å²) in [5, 5.41) is 6.84. The molecule has 3 heterocycles. The smallest absolute Gasteiger partial charge is 0.262 e. The largest absolute Gasteiger partial charge is 0.323 e. The Morgan fingerprint density at radius 1 is 1.08 bits per heavy atom. The summed E-state index contributed by atoms with van der Waals surface area (Å²) < 4.78 is 1.55. The predicted octanol–water partition coefficient (Wildman–Crippen LogP) is 1.27. The van der Waals surface area contributed by atoms with Crippen LogP contribution < -0.4 is 5.32 Å². The van der Waals surface area contributed by atoms with Crippen LogP contribution in [0.1, 0.15) is 26.5 Å². The Kier molecular flexibility index (Phi) is 3.31. The molecule has 0 radical (unpaired) electrons. The first-order valence-corrected chi connectivity index (χ1v) is 7.61. The lowest BCUT2D eigenvalue weighted by Crippen LogP contribution is -2.37. The topological polar surface area (TPSA) is 96.7 Å². The van der Waals surface area contributed by atoms with Gasteiger partial charge < -0.3 is 5.32 Å². The summed E-state index contributed by atoms with van der Waals surface area (Å²) >= 11 is 0. The predicted molar refractivity (Wildman–Crippen MR) is 88.2 cm³/mol. The number of amides is 3. The summed E-state index contributed by atoms with van der Waals surface area (Å²) in [6, 6.07) is 9.93. The van der Waals surface area contributed by atoms with Gasteiger partial charge in [0.1, 0.15) is 12.4 Å². The van der Waals surface area contributed by atoms with Gasteiger partial charge in [0.2, 0.25) is 5.91 Å². The molecule has 1 N–H and O–H groups in total. The Balaban J connectivity index is 1.50. The van der Waals surface area contributed by atoms with Gasteiger partial charge in [-0.1, -0.05) is 12.1 Å². The monoisotopic (exact) mass is 335 g/mol. The fraction of sp³-hybridized carbons (Fsp3) is 0.118. The molecule has 0 bridgehead atoms. The number of nitrogens with zero attached hydrogens (tertiary/aromatic N) is 4. The van der Waals surface area contributed by atoms with Gasteiger partial charge in [-0.15, -0.1) is 0 Å². The molecule has 0 aliphatic carbocycles. The Bertz CT molecular complexity index is 1000. The summed E-state index contributed by atoms with van der Waals surface area (Å²) in [6.07, 6.45) is 1.62. The van der Waals surface area contributed by atoms with E-state index in [2.05, 4.69) is 15.4 Å². The molecule has 2 aromatic heterocycles. The first-order chi connectivity index (χ1) is 12.0. The van der Waals surface area contributed by atoms with E-state index in [4.69, 9.17) is 0 Å². The van der Waals surface area contributed by atoms with Crippen molar-refractivity contribution in [1.82, 2.24) is 19.5 Å². The molecule has 3 amide bonds. The van der Waals surface area contributed by atoms with Crippen LogP contribution in [-0.2, 0) is 4.79 Å². The van der Waals surface area contributed by atoms with E-state index in [9.17, 15) is 14.4 Å². The number of hydrogen-bond acceptors (Lipinski definition) is 5. The number of benzene rings is 1. The zero-order valence-corrected chi connectivity index (χ0v) is 13.3. The SMILES string of the molecule is Cc1nc2ccc(NC(=O)CN3C(=O)c4ccccc4C3=O)cn2n1. The third-order valence-corrected chi connectivity index (χ3v) is 3.90. The molecule has 1 aliphatic rings. The van der Waals surface area contributed by atoms with Crippen LogP contribution in [0.5, 0.6) is 0 Å². The Hall–Kier alpha value is -3.55. The second-order valence-corrected chi connectivity index (χ2v) is 5.67. The summed E-state index contributed by atoms with van der Waals surface area (Å²) in [5.41, 5.74) is 1.80. The van der Waals surface area contributed by atoms with Crippen LogP contribution in [0.25, 0.3) is 5.65 Å². The van der Waals surface area contributed by atoms with Gasteiger partial charge in [-0.05, 0) is 31.2 Å². The molecular formula is C17H13N5O3. The molecular weight excluding hydrogens is 322 g/mol. The number of aryl methyl sites for hydroxylation is 1. The number of pyridine rings is 1. The number of hydrogen-bond donors (Lipinski definition) is 1. The molecule has 25 heavy (non-hydrogen) atoms. The lowest BCUT2D eigenvalue weighted by molar-refractivity contribution is -0.116.